The smallest absolute Gasteiger partial charge is 0.0504 e. The number of nitrogens with two attached hydrogens (primary N) is 1. The first-order valence-corrected chi connectivity index (χ1v) is 6.28. The second-order valence-electron chi connectivity index (χ2n) is 5.22. The molecule has 1 aromatic rings. The number of benzene rings is 1. The first-order valence-electron chi connectivity index (χ1n) is 6.28. The number of hydrogen-bond donors (Lipinski definition) is 1. The number of likely N-dealkylation sites (tertiary alicyclic amines) is 1. The molecular weight excluding hydrogens is 196 g/mol. The van der Waals surface area contributed by atoms with Gasteiger partial charge in [-0.05, 0) is 56.4 Å². The van der Waals surface area contributed by atoms with Crippen molar-refractivity contribution in [1.29, 1.82) is 0 Å². The fourth-order valence-electron chi connectivity index (χ4n) is 3.85. The van der Waals surface area contributed by atoms with Gasteiger partial charge in [0.15, 0.2) is 0 Å². The third-order valence-corrected chi connectivity index (χ3v) is 4.71. The van der Waals surface area contributed by atoms with Crippen LogP contribution in [0.5, 0.6) is 0 Å². The van der Waals surface area contributed by atoms with E-state index in [0.29, 0.717) is 5.92 Å². The number of fused-ring (bicyclic) bond motifs is 2. The zero-order chi connectivity index (χ0) is 11.2. The van der Waals surface area contributed by atoms with E-state index in [1.54, 1.807) is 5.56 Å². The van der Waals surface area contributed by atoms with Gasteiger partial charge in [-0.1, -0.05) is 24.3 Å². The van der Waals surface area contributed by atoms with Crippen LogP contribution in [0.4, 0.5) is 0 Å². The Balaban J connectivity index is 2.12. The lowest BCUT2D eigenvalue weighted by Gasteiger charge is -2.38. The molecule has 1 fully saturated rings. The molecule has 2 N–H and O–H groups in total. The molecule has 0 radical (unpaired) electrons. The quantitative estimate of drug-likeness (QED) is 0.775. The van der Waals surface area contributed by atoms with Crippen LogP contribution in [0, 0.1) is 5.92 Å². The summed E-state index contributed by atoms with van der Waals surface area (Å²) in [5.41, 5.74) is 9.32. The van der Waals surface area contributed by atoms with E-state index in [4.69, 9.17) is 5.73 Å². The molecule has 2 unspecified atom stereocenters. The number of rotatable bonds is 1. The van der Waals surface area contributed by atoms with Crippen LogP contribution in [0.1, 0.15) is 24.0 Å². The van der Waals surface area contributed by atoms with Gasteiger partial charge in [0.1, 0.15) is 0 Å². The first-order chi connectivity index (χ1) is 7.79. The predicted molar refractivity (Wildman–Crippen MR) is 66.2 cm³/mol. The summed E-state index contributed by atoms with van der Waals surface area (Å²) in [6, 6.07) is 8.92. The summed E-state index contributed by atoms with van der Waals surface area (Å²) in [7, 11) is 2.26. The van der Waals surface area contributed by atoms with Gasteiger partial charge in [0.2, 0.25) is 0 Å². The average molecular weight is 216 g/mol. The van der Waals surface area contributed by atoms with Gasteiger partial charge in [-0.3, -0.25) is 4.90 Å². The van der Waals surface area contributed by atoms with Gasteiger partial charge in [0.05, 0.1) is 5.54 Å². The molecule has 1 aromatic carbocycles. The Bertz CT molecular complexity index is 401. The Labute approximate surface area is 97.4 Å². The Hall–Kier alpha value is -0.860. The van der Waals surface area contributed by atoms with Crippen LogP contribution in [0.25, 0.3) is 0 Å². The van der Waals surface area contributed by atoms with Crippen molar-refractivity contribution in [3.05, 3.63) is 35.4 Å². The lowest BCUT2D eigenvalue weighted by atomic mass is 9.80. The zero-order valence-electron chi connectivity index (χ0n) is 9.95. The van der Waals surface area contributed by atoms with Crippen molar-refractivity contribution in [1.82, 2.24) is 4.90 Å². The summed E-state index contributed by atoms with van der Waals surface area (Å²) in [6.45, 7) is 2.01. The van der Waals surface area contributed by atoms with E-state index < -0.39 is 0 Å². The van der Waals surface area contributed by atoms with Gasteiger partial charge in [0.25, 0.3) is 0 Å². The second-order valence-corrected chi connectivity index (χ2v) is 5.22. The normalized spacial score (nSPS) is 33.5. The van der Waals surface area contributed by atoms with Crippen molar-refractivity contribution in [2.45, 2.75) is 24.8 Å². The highest BCUT2D eigenvalue weighted by Gasteiger charge is 2.50. The van der Waals surface area contributed by atoms with Crippen LogP contribution in [-0.4, -0.2) is 25.0 Å². The predicted octanol–water partition coefficient (Wildman–Crippen LogP) is 1.74. The van der Waals surface area contributed by atoms with Crippen molar-refractivity contribution < 1.29 is 0 Å². The molecule has 1 aliphatic heterocycles. The maximum atomic E-state index is 5.98. The zero-order valence-corrected chi connectivity index (χ0v) is 9.95. The van der Waals surface area contributed by atoms with Gasteiger partial charge in [-0.15, -0.1) is 0 Å². The third-order valence-electron chi connectivity index (χ3n) is 4.71. The van der Waals surface area contributed by atoms with E-state index in [-0.39, 0.29) is 5.54 Å². The number of aryl methyl sites for hydroxylation is 1. The molecule has 3 rings (SSSR count). The summed E-state index contributed by atoms with van der Waals surface area (Å²) in [4.78, 5) is 2.54. The van der Waals surface area contributed by atoms with E-state index in [0.717, 1.165) is 6.54 Å². The Morgan fingerprint density at radius 2 is 2.25 bits per heavy atom. The first kappa shape index (κ1) is 10.3. The molecule has 2 heteroatoms. The van der Waals surface area contributed by atoms with Crippen LogP contribution in [-0.2, 0) is 12.0 Å². The number of nitrogens with zero attached hydrogens (tertiary/aromatic N) is 1. The van der Waals surface area contributed by atoms with Crippen LogP contribution in [0.2, 0.25) is 0 Å². The minimum absolute atomic E-state index is 0.255. The van der Waals surface area contributed by atoms with Crippen LogP contribution < -0.4 is 5.73 Å². The summed E-state index contributed by atoms with van der Waals surface area (Å²) in [6.07, 6.45) is 3.73. The van der Waals surface area contributed by atoms with E-state index >= 15 is 0 Å². The minimum atomic E-state index is 0.255. The molecule has 1 aliphatic carbocycles. The summed E-state index contributed by atoms with van der Waals surface area (Å²) in [5.74, 6) is 0.640. The molecule has 1 spiro atoms. The highest BCUT2D eigenvalue weighted by Crippen LogP contribution is 2.50. The Kier molecular flexibility index (Phi) is 2.30. The molecule has 0 saturated carbocycles. The minimum Gasteiger partial charge on any atom is -0.330 e. The van der Waals surface area contributed by atoms with Crippen molar-refractivity contribution in [3.8, 4) is 0 Å². The molecule has 16 heavy (non-hydrogen) atoms. The van der Waals surface area contributed by atoms with E-state index in [1.165, 1.54) is 31.4 Å². The van der Waals surface area contributed by atoms with Crippen molar-refractivity contribution >= 4 is 0 Å². The Morgan fingerprint density at radius 1 is 1.44 bits per heavy atom. The summed E-state index contributed by atoms with van der Waals surface area (Å²) >= 11 is 0. The number of hydrogen-bond acceptors (Lipinski definition) is 2. The fourth-order valence-corrected chi connectivity index (χ4v) is 3.85. The SMILES string of the molecule is CN1CCC(CN)C12CCc1ccccc12. The Morgan fingerprint density at radius 3 is 3.06 bits per heavy atom. The molecule has 0 bridgehead atoms. The topological polar surface area (TPSA) is 29.3 Å². The molecular formula is C14H20N2. The average Bonchev–Trinajstić information content (AvgIpc) is 2.85. The molecule has 1 heterocycles. The van der Waals surface area contributed by atoms with Gasteiger partial charge in [-0.2, -0.15) is 0 Å². The molecule has 2 atom stereocenters. The van der Waals surface area contributed by atoms with Gasteiger partial charge in [0, 0.05) is 0 Å². The van der Waals surface area contributed by atoms with Gasteiger partial charge < -0.3 is 5.73 Å². The highest BCUT2D eigenvalue weighted by molar-refractivity contribution is 5.40. The van der Waals surface area contributed by atoms with Crippen molar-refractivity contribution in [2.75, 3.05) is 20.1 Å². The van der Waals surface area contributed by atoms with E-state index in [2.05, 4.69) is 36.2 Å². The molecule has 0 amide bonds. The lowest BCUT2D eigenvalue weighted by molar-refractivity contribution is 0.131. The lowest BCUT2D eigenvalue weighted by Crippen LogP contribution is -2.43. The standard InChI is InChI=1S/C14H20N2/c1-16-9-7-12(10-15)14(16)8-6-11-4-2-3-5-13(11)14/h2-5,12H,6-10,15H2,1H3. The summed E-state index contributed by atoms with van der Waals surface area (Å²) in [5, 5.41) is 0. The van der Waals surface area contributed by atoms with E-state index in [1.807, 2.05) is 0 Å². The molecule has 0 aromatic heterocycles. The fraction of sp³-hybridized carbons (Fsp3) is 0.571. The third kappa shape index (κ3) is 1.14. The van der Waals surface area contributed by atoms with E-state index in [9.17, 15) is 0 Å². The molecule has 1 saturated heterocycles. The van der Waals surface area contributed by atoms with Crippen LogP contribution in [0.15, 0.2) is 24.3 Å². The van der Waals surface area contributed by atoms with Crippen molar-refractivity contribution in [2.24, 2.45) is 11.7 Å². The van der Waals surface area contributed by atoms with Crippen molar-refractivity contribution in [3.63, 3.8) is 0 Å². The maximum Gasteiger partial charge on any atom is 0.0504 e. The maximum absolute atomic E-state index is 5.98. The second kappa shape index (κ2) is 3.57. The molecule has 2 nitrogen and oxygen atoms in total. The summed E-state index contributed by atoms with van der Waals surface area (Å²) < 4.78 is 0. The van der Waals surface area contributed by atoms with Crippen LogP contribution >= 0.6 is 0 Å². The van der Waals surface area contributed by atoms with Gasteiger partial charge in [-0.25, -0.2) is 0 Å². The van der Waals surface area contributed by atoms with Crippen LogP contribution in [0.3, 0.4) is 0 Å². The molecule has 86 valence electrons. The molecule has 2 aliphatic rings. The van der Waals surface area contributed by atoms with Gasteiger partial charge >= 0.3 is 0 Å². The monoisotopic (exact) mass is 216 g/mol. The largest absolute Gasteiger partial charge is 0.330 e. The highest BCUT2D eigenvalue weighted by atomic mass is 15.2.